The number of pyridine rings is 1. The van der Waals surface area contributed by atoms with Gasteiger partial charge < -0.3 is 15.4 Å². The summed E-state index contributed by atoms with van der Waals surface area (Å²) in [5.41, 5.74) is 4.53. The van der Waals surface area contributed by atoms with Crippen molar-refractivity contribution in [2.24, 2.45) is 5.73 Å². The van der Waals surface area contributed by atoms with Gasteiger partial charge in [0.2, 0.25) is 0 Å². The average molecular weight is 263 g/mol. The van der Waals surface area contributed by atoms with E-state index in [9.17, 15) is 13.2 Å². The van der Waals surface area contributed by atoms with Crippen LogP contribution in [0.1, 0.15) is 5.69 Å². The van der Waals surface area contributed by atoms with Crippen LogP contribution in [0.2, 0.25) is 0 Å². The number of rotatable bonds is 6. The normalized spacial score (nSPS) is 11.6. The molecule has 0 spiro atoms. The van der Waals surface area contributed by atoms with Gasteiger partial charge in [0.25, 0.3) is 0 Å². The molecule has 0 saturated heterocycles. The van der Waals surface area contributed by atoms with Crippen LogP contribution in [0, 0.1) is 0 Å². The third kappa shape index (κ3) is 4.15. The maximum absolute atomic E-state index is 12.5. The molecule has 0 atom stereocenters. The lowest BCUT2D eigenvalue weighted by molar-refractivity contribution is -0.141. The van der Waals surface area contributed by atoms with E-state index in [2.05, 4.69) is 4.98 Å². The molecule has 0 fully saturated rings. The second-order valence-corrected chi connectivity index (χ2v) is 3.65. The Bertz CT molecular complexity index is 371. The number of aromatic nitrogens is 1. The summed E-state index contributed by atoms with van der Waals surface area (Å²) in [6.07, 6.45) is -4.44. The summed E-state index contributed by atoms with van der Waals surface area (Å²) >= 11 is 0. The highest BCUT2D eigenvalue weighted by Gasteiger charge is 2.32. The van der Waals surface area contributed by atoms with Crippen molar-refractivity contribution in [2.75, 3.05) is 38.3 Å². The predicted octanol–water partition coefficient (Wildman–Crippen LogP) is 1.51. The van der Waals surface area contributed by atoms with Gasteiger partial charge in [-0.15, -0.1) is 0 Å². The van der Waals surface area contributed by atoms with Crippen molar-refractivity contribution in [1.29, 1.82) is 0 Å². The van der Waals surface area contributed by atoms with Gasteiger partial charge >= 0.3 is 6.18 Å². The van der Waals surface area contributed by atoms with Crippen molar-refractivity contribution >= 4 is 5.82 Å². The summed E-state index contributed by atoms with van der Waals surface area (Å²) in [6, 6.07) is 3.81. The Balaban J connectivity index is 2.90. The SMILES string of the molecule is COCCN(CCN)c1cccc(C(F)(F)F)n1. The Kier molecular flexibility index (Phi) is 5.36. The summed E-state index contributed by atoms with van der Waals surface area (Å²) in [7, 11) is 1.53. The number of alkyl halides is 3. The van der Waals surface area contributed by atoms with E-state index in [0.29, 0.717) is 26.2 Å². The average Bonchev–Trinajstić information content (AvgIpc) is 2.33. The zero-order valence-electron chi connectivity index (χ0n) is 10.1. The Labute approximate surface area is 104 Å². The van der Waals surface area contributed by atoms with Crippen LogP contribution >= 0.6 is 0 Å². The first-order valence-corrected chi connectivity index (χ1v) is 5.47. The molecule has 0 amide bonds. The van der Waals surface area contributed by atoms with Gasteiger partial charge in [0.15, 0.2) is 0 Å². The van der Waals surface area contributed by atoms with Gasteiger partial charge in [-0.3, -0.25) is 0 Å². The molecular formula is C11H16F3N3O. The summed E-state index contributed by atoms with van der Waals surface area (Å²) in [6.45, 7) is 1.61. The lowest BCUT2D eigenvalue weighted by Gasteiger charge is -2.23. The van der Waals surface area contributed by atoms with Gasteiger partial charge in [-0.2, -0.15) is 13.2 Å². The molecule has 4 nitrogen and oxygen atoms in total. The molecule has 0 radical (unpaired) electrons. The van der Waals surface area contributed by atoms with E-state index >= 15 is 0 Å². The number of halogens is 3. The van der Waals surface area contributed by atoms with E-state index < -0.39 is 11.9 Å². The first-order valence-electron chi connectivity index (χ1n) is 5.47. The van der Waals surface area contributed by atoms with Gasteiger partial charge in [0.1, 0.15) is 11.5 Å². The second-order valence-electron chi connectivity index (χ2n) is 3.65. The molecule has 0 aromatic carbocycles. The largest absolute Gasteiger partial charge is 0.433 e. The van der Waals surface area contributed by atoms with Gasteiger partial charge in [-0.1, -0.05) is 6.07 Å². The minimum Gasteiger partial charge on any atom is -0.383 e. The number of ether oxygens (including phenoxy) is 1. The third-order valence-electron chi connectivity index (χ3n) is 2.31. The predicted molar refractivity (Wildman–Crippen MR) is 62.4 cm³/mol. The van der Waals surface area contributed by atoms with Crippen LogP contribution in [0.3, 0.4) is 0 Å². The van der Waals surface area contributed by atoms with Crippen LogP contribution in [0.25, 0.3) is 0 Å². The highest BCUT2D eigenvalue weighted by atomic mass is 19.4. The van der Waals surface area contributed by atoms with Gasteiger partial charge in [0, 0.05) is 26.7 Å². The Morgan fingerprint density at radius 3 is 2.61 bits per heavy atom. The van der Waals surface area contributed by atoms with E-state index in [4.69, 9.17) is 10.5 Å². The number of methoxy groups -OCH3 is 1. The molecule has 1 aromatic heterocycles. The molecule has 7 heteroatoms. The molecule has 0 bridgehead atoms. The summed E-state index contributed by atoms with van der Waals surface area (Å²) in [4.78, 5) is 5.27. The lowest BCUT2D eigenvalue weighted by atomic mass is 10.3. The molecule has 2 N–H and O–H groups in total. The van der Waals surface area contributed by atoms with Crippen molar-refractivity contribution in [3.05, 3.63) is 23.9 Å². The highest BCUT2D eigenvalue weighted by Crippen LogP contribution is 2.28. The fourth-order valence-electron chi connectivity index (χ4n) is 1.46. The molecule has 0 unspecified atom stereocenters. The number of hydrogen-bond acceptors (Lipinski definition) is 4. The third-order valence-corrected chi connectivity index (χ3v) is 2.31. The van der Waals surface area contributed by atoms with Crippen LogP contribution in [-0.4, -0.2) is 38.3 Å². The fourth-order valence-corrected chi connectivity index (χ4v) is 1.46. The molecule has 102 valence electrons. The Hall–Kier alpha value is -1.34. The topological polar surface area (TPSA) is 51.4 Å². The van der Waals surface area contributed by atoms with Crippen LogP contribution in [0.5, 0.6) is 0 Å². The minimum absolute atomic E-state index is 0.257. The molecule has 0 saturated carbocycles. The van der Waals surface area contributed by atoms with E-state index in [1.165, 1.54) is 19.2 Å². The molecule has 1 aromatic rings. The maximum atomic E-state index is 12.5. The number of nitrogens with zero attached hydrogens (tertiary/aromatic N) is 2. The highest BCUT2D eigenvalue weighted by molar-refractivity contribution is 5.39. The van der Waals surface area contributed by atoms with Gasteiger partial charge in [-0.05, 0) is 12.1 Å². The summed E-state index contributed by atoms with van der Waals surface area (Å²) in [5, 5.41) is 0. The molecule has 0 aliphatic rings. The van der Waals surface area contributed by atoms with Crippen molar-refractivity contribution in [2.45, 2.75) is 6.18 Å². The molecule has 18 heavy (non-hydrogen) atoms. The first-order chi connectivity index (χ1) is 8.49. The molecule has 0 aliphatic heterocycles. The van der Waals surface area contributed by atoms with Crippen LogP contribution in [0.15, 0.2) is 18.2 Å². The minimum atomic E-state index is -4.44. The Morgan fingerprint density at radius 1 is 1.33 bits per heavy atom. The van der Waals surface area contributed by atoms with Gasteiger partial charge in [0.05, 0.1) is 6.61 Å². The van der Waals surface area contributed by atoms with E-state index in [-0.39, 0.29) is 5.82 Å². The van der Waals surface area contributed by atoms with Crippen LogP contribution in [0.4, 0.5) is 19.0 Å². The van der Waals surface area contributed by atoms with Crippen molar-refractivity contribution < 1.29 is 17.9 Å². The van der Waals surface area contributed by atoms with E-state index in [1.807, 2.05) is 0 Å². The fraction of sp³-hybridized carbons (Fsp3) is 0.545. The molecule has 0 aliphatic carbocycles. The Morgan fingerprint density at radius 2 is 2.06 bits per heavy atom. The zero-order chi connectivity index (χ0) is 13.6. The monoisotopic (exact) mass is 263 g/mol. The number of anilines is 1. The standard InChI is InChI=1S/C11H16F3N3O/c1-18-8-7-17(6-5-15)10-4-2-3-9(16-10)11(12,13)14/h2-4H,5-8,15H2,1H3. The number of nitrogens with two attached hydrogens (primary N) is 1. The second kappa shape index (κ2) is 6.55. The lowest BCUT2D eigenvalue weighted by Crippen LogP contribution is -2.33. The van der Waals surface area contributed by atoms with Gasteiger partial charge in [-0.25, -0.2) is 4.98 Å². The van der Waals surface area contributed by atoms with Crippen molar-refractivity contribution in [1.82, 2.24) is 4.98 Å². The quantitative estimate of drug-likeness (QED) is 0.845. The summed E-state index contributed by atoms with van der Waals surface area (Å²) in [5.74, 6) is 0.257. The van der Waals surface area contributed by atoms with Crippen LogP contribution < -0.4 is 10.6 Å². The summed E-state index contributed by atoms with van der Waals surface area (Å²) < 4.78 is 42.5. The molecular weight excluding hydrogens is 247 g/mol. The first kappa shape index (κ1) is 14.7. The maximum Gasteiger partial charge on any atom is 0.433 e. The molecule has 1 heterocycles. The zero-order valence-corrected chi connectivity index (χ0v) is 10.1. The number of hydrogen-bond donors (Lipinski definition) is 1. The van der Waals surface area contributed by atoms with Crippen molar-refractivity contribution in [3.63, 3.8) is 0 Å². The smallest absolute Gasteiger partial charge is 0.383 e. The molecule has 1 rings (SSSR count). The van der Waals surface area contributed by atoms with E-state index in [0.717, 1.165) is 6.07 Å². The van der Waals surface area contributed by atoms with E-state index in [1.54, 1.807) is 4.90 Å². The van der Waals surface area contributed by atoms with Crippen LogP contribution in [-0.2, 0) is 10.9 Å². The van der Waals surface area contributed by atoms with Crippen molar-refractivity contribution in [3.8, 4) is 0 Å².